The predicted molar refractivity (Wildman–Crippen MR) is 72.2 cm³/mol. The molecule has 0 heterocycles. The van der Waals surface area contributed by atoms with Crippen molar-refractivity contribution in [2.45, 2.75) is 32.7 Å². The molecule has 0 amide bonds. The lowest BCUT2D eigenvalue weighted by Gasteiger charge is -2.34. The Balaban J connectivity index is 4.35. The molecule has 4 heteroatoms. The van der Waals surface area contributed by atoms with Crippen molar-refractivity contribution in [2.75, 3.05) is 47.1 Å². The Morgan fingerprint density at radius 2 is 1.65 bits per heavy atom. The number of methoxy groups -OCH3 is 2. The summed E-state index contributed by atoms with van der Waals surface area (Å²) in [6, 6.07) is 0.431. The Hall–Kier alpha value is -0.160. The highest BCUT2D eigenvalue weighted by atomic mass is 16.5. The second-order valence-corrected chi connectivity index (χ2v) is 4.59. The second-order valence-electron chi connectivity index (χ2n) is 4.59. The Labute approximate surface area is 106 Å². The van der Waals surface area contributed by atoms with Gasteiger partial charge in [-0.1, -0.05) is 20.3 Å². The zero-order valence-corrected chi connectivity index (χ0v) is 11.9. The van der Waals surface area contributed by atoms with Gasteiger partial charge in [0.25, 0.3) is 0 Å². The van der Waals surface area contributed by atoms with Gasteiger partial charge < -0.3 is 15.2 Å². The van der Waals surface area contributed by atoms with Crippen LogP contribution in [0.5, 0.6) is 0 Å². The first-order valence-electron chi connectivity index (χ1n) is 6.63. The van der Waals surface area contributed by atoms with Crippen LogP contribution in [0.4, 0.5) is 0 Å². The van der Waals surface area contributed by atoms with Crippen LogP contribution in [-0.2, 0) is 9.47 Å². The molecule has 0 aliphatic heterocycles. The second kappa shape index (κ2) is 11.0. The van der Waals surface area contributed by atoms with Gasteiger partial charge in [0.05, 0.1) is 13.2 Å². The summed E-state index contributed by atoms with van der Waals surface area (Å²) in [6.07, 6.45) is 2.43. The smallest absolute Gasteiger partial charge is 0.0589 e. The molecule has 0 rings (SSSR count). The van der Waals surface area contributed by atoms with Crippen molar-refractivity contribution in [1.29, 1.82) is 0 Å². The van der Waals surface area contributed by atoms with Crippen molar-refractivity contribution in [3.8, 4) is 0 Å². The molecule has 0 radical (unpaired) electrons. The van der Waals surface area contributed by atoms with Gasteiger partial charge in [0.2, 0.25) is 0 Å². The van der Waals surface area contributed by atoms with Crippen molar-refractivity contribution in [3.05, 3.63) is 0 Å². The van der Waals surface area contributed by atoms with Crippen LogP contribution >= 0.6 is 0 Å². The van der Waals surface area contributed by atoms with Crippen molar-refractivity contribution in [3.63, 3.8) is 0 Å². The molecule has 0 aromatic heterocycles. The summed E-state index contributed by atoms with van der Waals surface area (Å²) in [6.45, 7) is 8.56. The summed E-state index contributed by atoms with van der Waals surface area (Å²) >= 11 is 0. The summed E-state index contributed by atoms with van der Waals surface area (Å²) in [5.74, 6) is 0.624. The van der Waals surface area contributed by atoms with Crippen LogP contribution in [0, 0.1) is 5.92 Å². The van der Waals surface area contributed by atoms with Crippen LogP contribution in [0.1, 0.15) is 26.7 Å². The van der Waals surface area contributed by atoms with Crippen LogP contribution in [0.25, 0.3) is 0 Å². The Bertz CT molecular complexity index is 159. The minimum atomic E-state index is 0.431. The van der Waals surface area contributed by atoms with E-state index in [9.17, 15) is 0 Å². The van der Waals surface area contributed by atoms with Crippen LogP contribution in [0.15, 0.2) is 0 Å². The van der Waals surface area contributed by atoms with E-state index >= 15 is 0 Å². The first-order valence-corrected chi connectivity index (χ1v) is 6.63. The van der Waals surface area contributed by atoms with Gasteiger partial charge in [0, 0.05) is 39.9 Å². The highest BCUT2D eigenvalue weighted by molar-refractivity contribution is 4.78. The molecule has 0 saturated carbocycles. The quantitative estimate of drug-likeness (QED) is 0.598. The molecular weight excluding hydrogens is 216 g/mol. The SMILES string of the molecule is CCCC(C)C(CN)N(CCOC)CCOC. The van der Waals surface area contributed by atoms with Crippen molar-refractivity contribution in [1.82, 2.24) is 4.90 Å². The molecule has 0 fully saturated rings. The zero-order valence-electron chi connectivity index (χ0n) is 11.9. The molecule has 0 bridgehead atoms. The van der Waals surface area contributed by atoms with E-state index in [0.29, 0.717) is 18.5 Å². The first kappa shape index (κ1) is 16.8. The maximum atomic E-state index is 5.93. The molecule has 0 saturated heterocycles. The third kappa shape index (κ3) is 6.99. The number of nitrogens with zero attached hydrogens (tertiary/aromatic N) is 1. The lowest BCUT2D eigenvalue weighted by atomic mass is 9.95. The van der Waals surface area contributed by atoms with Gasteiger partial charge in [0.1, 0.15) is 0 Å². The predicted octanol–water partition coefficient (Wildman–Crippen LogP) is 1.34. The third-order valence-corrected chi connectivity index (χ3v) is 3.28. The Morgan fingerprint density at radius 1 is 1.12 bits per heavy atom. The zero-order chi connectivity index (χ0) is 13.1. The molecule has 4 nitrogen and oxygen atoms in total. The number of rotatable bonds is 11. The maximum Gasteiger partial charge on any atom is 0.0589 e. The van der Waals surface area contributed by atoms with E-state index in [1.807, 2.05) is 0 Å². The fourth-order valence-corrected chi connectivity index (χ4v) is 2.25. The highest BCUT2D eigenvalue weighted by Gasteiger charge is 2.22. The van der Waals surface area contributed by atoms with E-state index in [4.69, 9.17) is 15.2 Å². The van der Waals surface area contributed by atoms with Crippen LogP contribution in [-0.4, -0.2) is 58.0 Å². The fraction of sp³-hybridized carbons (Fsp3) is 1.00. The topological polar surface area (TPSA) is 47.7 Å². The number of hydrogen-bond donors (Lipinski definition) is 1. The van der Waals surface area contributed by atoms with Gasteiger partial charge in [-0.25, -0.2) is 0 Å². The normalized spacial score (nSPS) is 15.2. The summed E-state index contributed by atoms with van der Waals surface area (Å²) in [4.78, 5) is 2.40. The fourth-order valence-electron chi connectivity index (χ4n) is 2.25. The average Bonchev–Trinajstić information content (AvgIpc) is 2.33. The molecule has 0 aliphatic rings. The van der Waals surface area contributed by atoms with E-state index in [1.165, 1.54) is 12.8 Å². The summed E-state index contributed by atoms with van der Waals surface area (Å²) in [7, 11) is 3.48. The number of ether oxygens (including phenoxy) is 2. The minimum absolute atomic E-state index is 0.431. The third-order valence-electron chi connectivity index (χ3n) is 3.28. The largest absolute Gasteiger partial charge is 0.383 e. The van der Waals surface area contributed by atoms with Crippen molar-refractivity contribution in [2.24, 2.45) is 11.7 Å². The average molecular weight is 246 g/mol. The first-order chi connectivity index (χ1) is 8.21. The molecular formula is C13H30N2O2. The molecule has 0 spiro atoms. The molecule has 17 heavy (non-hydrogen) atoms. The molecule has 0 aromatic rings. The number of nitrogens with two attached hydrogens (primary N) is 1. The van der Waals surface area contributed by atoms with E-state index in [1.54, 1.807) is 14.2 Å². The maximum absolute atomic E-state index is 5.93. The van der Waals surface area contributed by atoms with Gasteiger partial charge in [-0.05, 0) is 12.3 Å². The van der Waals surface area contributed by atoms with Gasteiger partial charge in [-0.15, -0.1) is 0 Å². The van der Waals surface area contributed by atoms with Crippen molar-refractivity contribution >= 4 is 0 Å². The summed E-state index contributed by atoms with van der Waals surface area (Å²) in [5.41, 5.74) is 5.93. The molecule has 0 aromatic carbocycles. The molecule has 2 atom stereocenters. The monoisotopic (exact) mass is 246 g/mol. The van der Waals surface area contributed by atoms with Crippen LogP contribution < -0.4 is 5.73 Å². The van der Waals surface area contributed by atoms with E-state index in [-0.39, 0.29) is 0 Å². The van der Waals surface area contributed by atoms with E-state index in [2.05, 4.69) is 18.7 Å². The lowest BCUT2D eigenvalue weighted by Crippen LogP contribution is -2.47. The van der Waals surface area contributed by atoms with Gasteiger partial charge >= 0.3 is 0 Å². The summed E-state index contributed by atoms with van der Waals surface area (Å²) in [5, 5.41) is 0. The van der Waals surface area contributed by atoms with Gasteiger partial charge in [-0.2, -0.15) is 0 Å². The summed E-state index contributed by atoms with van der Waals surface area (Å²) < 4.78 is 10.3. The van der Waals surface area contributed by atoms with Gasteiger partial charge in [0.15, 0.2) is 0 Å². The van der Waals surface area contributed by atoms with Crippen molar-refractivity contribution < 1.29 is 9.47 Å². The van der Waals surface area contributed by atoms with E-state index < -0.39 is 0 Å². The lowest BCUT2D eigenvalue weighted by molar-refractivity contribution is 0.0699. The van der Waals surface area contributed by atoms with E-state index in [0.717, 1.165) is 26.3 Å². The van der Waals surface area contributed by atoms with Crippen LogP contribution in [0.2, 0.25) is 0 Å². The highest BCUT2D eigenvalue weighted by Crippen LogP contribution is 2.15. The molecule has 2 N–H and O–H groups in total. The van der Waals surface area contributed by atoms with Gasteiger partial charge in [-0.3, -0.25) is 4.90 Å². The minimum Gasteiger partial charge on any atom is -0.383 e. The number of hydrogen-bond acceptors (Lipinski definition) is 4. The standard InChI is InChI=1S/C13H30N2O2/c1-5-6-12(2)13(11-14)15(7-9-16-3)8-10-17-4/h12-13H,5-11,14H2,1-4H3. The molecule has 2 unspecified atom stereocenters. The molecule has 0 aliphatic carbocycles. The Morgan fingerprint density at radius 3 is 2.00 bits per heavy atom. The Kier molecular flexibility index (Phi) is 10.9. The van der Waals surface area contributed by atoms with Crippen LogP contribution in [0.3, 0.4) is 0 Å². The molecule has 104 valence electrons.